The molecule has 0 amide bonds. The van der Waals surface area contributed by atoms with Crippen molar-refractivity contribution in [2.24, 2.45) is 0 Å². The van der Waals surface area contributed by atoms with E-state index in [9.17, 15) is 4.79 Å². The van der Waals surface area contributed by atoms with Crippen LogP contribution in [-0.2, 0) is 6.54 Å². The van der Waals surface area contributed by atoms with Crippen LogP contribution in [0.2, 0.25) is 0 Å². The zero-order chi connectivity index (χ0) is 15.5. The number of hydrogen-bond donors (Lipinski definition) is 1. The maximum atomic E-state index is 11.0. The van der Waals surface area contributed by atoms with Gasteiger partial charge in [-0.05, 0) is 38.4 Å². The third-order valence-electron chi connectivity index (χ3n) is 4.24. The van der Waals surface area contributed by atoms with Gasteiger partial charge in [-0.25, -0.2) is 9.78 Å². The van der Waals surface area contributed by atoms with Crippen molar-refractivity contribution < 1.29 is 9.90 Å². The lowest BCUT2D eigenvalue weighted by molar-refractivity contribution is 0.0697. The Morgan fingerprint density at radius 3 is 2.95 bits per heavy atom. The molecule has 3 heterocycles. The summed E-state index contributed by atoms with van der Waals surface area (Å²) in [6, 6.07) is 3.70. The molecule has 1 saturated heterocycles. The normalized spacial score (nSPS) is 18.7. The maximum absolute atomic E-state index is 11.0. The van der Waals surface area contributed by atoms with Crippen LogP contribution in [0.15, 0.2) is 30.9 Å². The third-order valence-corrected chi connectivity index (χ3v) is 4.24. The van der Waals surface area contributed by atoms with Crippen LogP contribution >= 0.6 is 0 Å². The lowest BCUT2D eigenvalue weighted by Crippen LogP contribution is -2.30. The van der Waals surface area contributed by atoms with Gasteiger partial charge in [-0.1, -0.05) is 0 Å². The van der Waals surface area contributed by atoms with Crippen LogP contribution in [0.1, 0.15) is 30.1 Å². The van der Waals surface area contributed by atoms with E-state index in [1.807, 2.05) is 10.8 Å². The van der Waals surface area contributed by atoms with Gasteiger partial charge in [0.2, 0.25) is 0 Å². The molecule has 0 spiro atoms. The Balaban J connectivity index is 1.68. The summed E-state index contributed by atoms with van der Waals surface area (Å²) in [5, 5.41) is 9.03. The SMILES string of the molecule is C[C@@H]1CCCN1CCn1cnc(-c2cc(C(=O)O)ccn2)c1. The number of carboxylic acid groups (broad SMARTS) is 1. The van der Waals surface area contributed by atoms with Crippen molar-refractivity contribution in [2.75, 3.05) is 13.1 Å². The zero-order valence-corrected chi connectivity index (χ0v) is 12.6. The molecule has 2 aromatic heterocycles. The van der Waals surface area contributed by atoms with Gasteiger partial charge in [0.25, 0.3) is 0 Å². The number of likely N-dealkylation sites (tertiary alicyclic amines) is 1. The van der Waals surface area contributed by atoms with Gasteiger partial charge in [-0.3, -0.25) is 9.88 Å². The maximum Gasteiger partial charge on any atom is 0.335 e. The topological polar surface area (TPSA) is 71.2 Å². The van der Waals surface area contributed by atoms with Crippen molar-refractivity contribution in [3.8, 4) is 11.4 Å². The Labute approximate surface area is 129 Å². The molecule has 3 rings (SSSR count). The molecule has 22 heavy (non-hydrogen) atoms. The third kappa shape index (κ3) is 3.17. The molecular formula is C16H20N4O2. The quantitative estimate of drug-likeness (QED) is 0.916. The van der Waals surface area contributed by atoms with Crippen molar-refractivity contribution in [1.82, 2.24) is 19.4 Å². The molecule has 1 N–H and O–H groups in total. The van der Waals surface area contributed by atoms with Gasteiger partial charge in [0.05, 0.1) is 17.6 Å². The Bertz CT molecular complexity index is 668. The highest BCUT2D eigenvalue weighted by Crippen LogP contribution is 2.18. The molecule has 0 saturated carbocycles. The molecule has 0 radical (unpaired) electrons. The molecular weight excluding hydrogens is 280 g/mol. The number of hydrogen-bond acceptors (Lipinski definition) is 4. The summed E-state index contributed by atoms with van der Waals surface area (Å²) in [5.41, 5.74) is 1.52. The van der Waals surface area contributed by atoms with E-state index in [2.05, 4.69) is 21.8 Å². The van der Waals surface area contributed by atoms with E-state index in [4.69, 9.17) is 5.11 Å². The van der Waals surface area contributed by atoms with Crippen LogP contribution in [0.5, 0.6) is 0 Å². The highest BCUT2D eigenvalue weighted by Gasteiger charge is 2.19. The van der Waals surface area contributed by atoms with Gasteiger partial charge in [0, 0.05) is 31.5 Å². The monoisotopic (exact) mass is 300 g/mol. The van der Waals surface area contributed by atoms with Gasteiger partial charge < -0.3 is 9.67 Å². The van der Waals surface area contributed by atoms with E-state index < -0.39 is 5.97 Å². The van der Waals surface area contributed by atoms with Crippen LogP contribution in [0, 0.1) is 0 Å². The minimum Gasteiger partial charge on any atom is -0.478 e. The van der Waals surface area contributed by atoms with Gasteiger partial charge in [0.1, 0.15) is 5.69 Å². The van der Waals surface area contributed by atoms with Crippen LogP contribution < -0.4 is 0 Å². The molecule has 1 fully saturated rings. The molecule has 0 unspecified atom stereocenters. The van der Waals surface area contributed by atoms with E-state index in [1.165, 1.54) is 31.6 Å². The number of carboxylic acids is 1. The summed E-state index contributed by atoms with van der Waals surface area (Å²) >= 11 is 0. The van der Waals surface area contributed by atoms with E-state index in [-0.39, 0.29) is 5.56 Å². The highest BCUT2D eigenvalue weighted by molar-refractivity contribution is 5.88. The first-order valence-corrected chi connectivity index (χ1v) is 7.59. The predicted molar refractivity (Wildman–Crippen MR) is 82.7 cm³/mol. The number of imidazole rings is 1. The largest absolute Gasteiger partial charge is 0.478 e. The van der Waals surface area contributed by atoms with Crippen LogP contribution in [-0.4, -0.2) is 49.6 Å². The van der Waals surface area contributed by atoms with Crippen molar-refractivity contribution in [1.29, 1.82) is 0 Å². The molecule has 0 aromatic carbocycles. The molecule has 1 atom stereocenters. The molecule has 0 bridgehead atoms. The molecule has 1 aliphatic heterocycles. The zero-order valence-electron chi connectivity index (χ0n) is 12.6. The molecule has 6 nitrogen and oxygen atoms in total. The second-order valence-corrected chi connectivity index (χ2v) is 5.76. The number of pyridine rings is 1. The number of aromatic nitrogens is 3. The molecule has 6 heteroatoms. The first-order chi connectivity index (χ1) is 10.6. The van der Waals surface area contributed by atoms with Crippen LogP contribution in [0.25, 0.3) is 11.4 Å². The first kappa shape index (κ1) is 14.7. The highest BCUT2D eigenvalue weighted by atomic mass is 16.4. The lowest BCUT2D eigenvalue weighted by Gasteiger charge is -2.20. The number of aromatic carboxylic acids is 1. The van der Waals surface area contributed by atoms with E-state index >= 15 is 0 Å². The Morgan fingerprint density at radius 2 is 2.23 bits per heavy atom. The van der Waals surface area contributed by atoms with Crippen molar-refractivity contribution in [2.45, 2.75) is 32.4 Å². The Morgan fingerprint density at radius 1 is 1.36 bits per heavy atom. The number of rotatable bonds is 5. The van der Waals surface area contributed by atoms with E-state index in [0.29, 0.717) is 17.4 Å². The predicted octanol–water partition coefficient (Wildman–Crippen LogP) is 2.13. The van der Waals surface area contributed by atoms with Crippen molar-refractivity contribution in [3.63, 3.8) is 0 Å². The first-order valence-electron chi connectivity index (χ1n) is 7.59. The minimum atomic E-state index is -0.953. The van der Waals surface area contributed by atoms with Crippen molar-refractivity contribution in [3.05, 3.63) is 36.4 Å². The average Bonchev–Trinajstić information content (AvgIpc) is 3.14. The summed E-state index contributed by atoms with van der Waals surface area (Å²) in [7, 11) is 0. The minimum absolute atomic E-state index is 0.227. The number of carbonyl (C=O) groups is 1. The van der Waals surface area contributed by atoms with Crippen molar-refractivity contribution >= 4 is 5.97 Å². The van der Waals surface area contributed by atoms with Gasteiger partial charge in [-0.15, -0.1) is 0 Å². The lowest BCUT2D eigenvalue weighted by atomic mass is 10.2. The standard InChI is InChI=1S/C16H20N4O2/c1-12-3-2-6-20(12)8-7-19-10-15(18-11-19)14-9-13(16(21)22)4-5-17-14/h4-5,9-12H,2-3,6-8H2,1H3,(H,21,22)/t12-/m1/s1. The fourth-order valence-electron chi connectivity index (χ4n) is 2.89. The van der Waals surface area contributed by atoms with Gasteiger partial charge in [-0.2, -0.15) is 0 Å². The summed E-state index contributed by atoms with van der Waals surface area (Å²) in [6.07, 6.45) is 7.77. The van der Waals surface area contributed by atoms with E-state index in [1.54, 1.807) is 12.4 Å². The van der Waals surface area contributed by atoms with Crippen LogP contribution in [0.3, 0.4) is 0 Å². The molecule has 116 valence electrons. The second-order valence-electron chi connectivity index (χ2n) is 5.76. The van der Waals surface area contributed by atoms with E-state index in [0.717, 1.165) is 13.1 Å². The van der Waals surface area contributed by atoms with Gasteiger partial charge >= 0.3 is 5.97 Å². The van der Waals surface area contributed by atoms with Crippen LogP contribution in [0.4, 0.5) is 0 Å². The smallest absolute Gasteiger partial charge is 0.335 e. The molecule has 2 aromatic rings. The summed E-state index contributed by atoms with van der Waals surface area (Å²) in [6.45, 7) is 5.34. The summed E-state index contributed by atoms with van der Waals surface area (Å²) < 4.78 is 2.04. The number of nitrogens with zero attached hydrogens (tertiary/aromatic N) is 4. The average molecular weight is 300 g/mol. The second kappa shape index (κ2) is 6.27. The fraction of sp³-hybridized carbons (Fsp3) is 0.438. The molecule has 0 aliphatic carbocycles. The Kier molecular flexibility index (Phi) is 4.20. The molecule has 1 aliphatic rings. The van der Waals surface area contributed by atoms with Gasteiger partial charge in [0.15, 0.2) is 0 Å². The Hall–Kier alpha value is -2.21. The summed E-state index contributed by atoms with van der Waals surface area (Å²) in [4.78, 5) is 22.0. The fourth-order valence-corrected chi connectivity index (χ4v) is 2.89. The summed E-state index contributed by atoms with van der Waals surface area (Å²) in [5.74, 6) is -0.953.